The van der Waals surface area contributed by atoms with Gasteiger partial charge in [0.1, 0.15) is 22.3 Å². The summed E-state index contributed by atoms with van der Waals surface area (Å²) in [6.45, 7) is 4.21. The van der Waals surface area contributed by atoms with Crippen molar-refractivity contribution in [2.75, 3.05) is 0 Å². The van der Waals surface area contributed by atoms with E-state index in [1.54, 1.807) is 0 Å². The van der Waals surface area contributed by atoms with Crippen LogP contribution in [0.4, 0.5) is 0 Å². The minimum atomic E-state index is 0.883. The number of fused-ring (bicyclic) bond motifs is 6. The summed E-state index contributed by atoms with van der Waals surface area (Å²) >= 11 is 0. The Morgan fingerprint density at radius 2 is 0.706 bits per heavy atom. The predicted octanol–water partition coefficient (Wildman–Crippen LogP) is 9.44. The van der Waals surface area contributed by atoms with Crippen molar-refractivity contribution in [3.05, 3.63) is 108 Å². The number of rotatable bonds is 2. The summed E-state index contributed by atoms with van der Waals surface area (Å²) in [7, 11) is 0. The molecule has 0 amide bonds. The lowest BCUT2D eigenvalue weighted by molar-refractivity contribution is 0.664. The molecule has 0 aliphatic heterocycles. The van der Waals surface area contributed by atoms with Crippen molar-refractivity contribution in [3.63, 3.8) is 0 Å². The third kappa shape index (κ3) is 2.96. The summed E-state index contributed by atoms with van der Waals surface area (Å²) in [4.78, 5) is 0. The third-order valence-electron chi connectivity index (χ3n) is 6.83. The highest BCUT2D eigenvalue weighted by Crippen LogP contribution is 2.38. The predicted molar refractivity (Wildman–Crippen MR) is 141 cm³/mol. The Hall–Kier alpha value is -4.30. The van der Waals surface area contributed by atoms with Crippen molar-refractivity contribution < 1.29 is 8.83 Å². The summed E-state index contributed by atoms with van der Waals surface area (Å²) < 4.78 is 12.7. The van der Waals surface area contributed by atoms with Gasteiger partial charge in [-0.15, -0.1) is 0 Å². The zero-order valence-electron chi connectivity index (χ0n) is 19.1. The molecule has 0 aliphatic rings. The van der Waals surface area contributed by atoms with E-state index in [4.69, 9.17) is 8.83 Å². The monoisotopic (exact) mass is 438 g/mol. The maximum Gasteiger partial charge on any atom is 0.136 e. The largest absolute Gasteiger partial charge is 0.456 e. The number of aryl methyl sites for hydroxylation is 2. The third-order valence-corrected chi connectivity index (χ3v) is 6.83. The topological polar surface area (TPSA) is 26.3 Å². The van der Waals surface area contributed by atoms with Gasteiger partial charge in [-0.25, -0.2) is 0 Å². The molecule has 7 aromatic rings. The van der Waals surface area contributed by atoms with Crippen LogP contribution in [-0.2, 0) is 0 Å². The summed E-state index contributed by atoms with van der Waals surface area (Å²) in [5, 5.41) is 4.37. The van der Waals surface area contributed by atoms with Crippen LogP contribution in [0.3, 0.4) is 0 Å². The van der Waals surface area contributed by atoms with E-state index in [1.807, 2.05) is 0 Å². The molecule has 0 bridgehead atoms. The second-order valence-electron chi connectivity index (χ2n) is 9.20. The molecule has 0 saturated heterocycles. The van der Waals surface area contributed by atoms with Gasteiger partial charge >= 0.3 is 0 Å². The first kappa shape index (κ1) is 19.2. The molecule has 34 heavy (non-hydrogen) atoms. The summed E-state index contributed by atoms with van der Waals surface area (Å²) in [6, 6.07) is 34.3. The molecular weight excluding hydrogens is 416 g/mol. The molecule has 0 unspecified atom stereocenters. The quantitative estimate of drug-likeness (QED) is 0.269. The smallest absolute Gasteiger partial charge is 0.136 e. The van der Waals surface area contributed by atoms with E-state index in [0.29, 0.717) is 0 Å². The van der Waals surface area contributed by atoms with Gasteiger partial charge in [0.2, 0.25) is 0 Å². The van der Waals surface area contributed by atoms with Crippen molar-refractivity contribution >= 4 is 43.9 Å². The second kappa shape index (κ2) is 7.10. The lowest BCUT2D eigenvalue weighted by Crippen LogP contribution is -1.78. The standard InChI is InChI=1S/C32H22O2/c1-19-3-7-21(8-4-19)23-11-13-25-27-17-32-28(18-31(27)33-29(25)15-23)26-14-12-24(16-30(26)34-32)22-9-5-20(2)6-10-22/h3-18H,1-2H3. The van der Waals surface area contributed by atoms with Crippen LogP contribution in [0, 0.1) is 13.8 Å². The molecule has 162 valence electrons. The van der Waals surface area contributed by atoms with Crippen LogP contribution >= 0.6 is 0 Å². The molecule has 7 rings (SSSR count). The van der Waals surface area contributed by atoms with Gasteiger partial charge in [0.05, 0.1) is 0 Å². The normalized spacial score (nSPS) is 11.8. The van der Waals surface area contributed by atoms with Crippen LogP contribution in [0.5, 0.6) is 0 Å². The first-order valence-electron chi connectivity index (χ1n) is 11.6. The molecule has 0 atom stereocenters. The van der Waals surface area contributed by atoms with Crippen LogP contribution in [-0.4, -0.2) is 0 Å². The average Bonchev–Trinajstić information content (AvgIpc) is 3.39. The van der Waals surface area contributed by atoms with Crippen molar-refractivity contribution in [1.82, 2.24) is 0 Å². The van der Waals surface area contributed by atoms with Crippen LogP contribution < -0.4 is 0 Å². The molecule has 0 aliphatic carbocycles. The molecule has 2 nitrogen and oxygen atoms in total. The van der Waals surface area contributed by atoms with Crippen molar-refractivity contribution in [2.45, 2.75) is 13.8 Å². The molecular formula is C32H22O2. The lowest BCUT2D eigenvalue weighted by atomic mass is 10.0. The number of benzene rings is 5. The van der Waals surface area contributed by atoms with Gasteiger partial charge in [0, 0.05) is 21.5 Å². The van der Waals surface area contributed by atoms with E-state index in [0.717, 1.165) is 55.0 Å². The fourth-order valence-corrected chi connectivity index (χ4v) is 4.90. The summed E-state index contributed by atoms with van der Waals surface area (Å²) in [6.07, 6.45) is 0. The Morgan fingerprint density at radius 1 is 0.353 bits per heavy atom. The highest BCUT2D eigenvalue weighted by molar-refractivity contribution is 6.15. The van der Waals surface area contributed by atoms with E-state index >= 15 is 0 Å². The molecule has 2 aromatic heterocycles. The fraction of sp³-hybridized carbons (Fsp3) is 0.0625. The van der Waals surface area contributed by atoms with Gasteiger partial charge in [-0.2, -0.15) is 0 Å². The van der Waals surface area contributed by atoms with Gasteiger partial charge in [0.25, 0.3) is 0 Å². The van der Waals surface area contributed by atoms with E-state index in [1.165, 1.54) is 22.3 Å². The minimum absolute atomic E-state index is 0.883. The highest BCUT2D eigenvalue weighted by atomic mass is 16.3. The number of hydrogen-bond acceptors (Lipinski definition) is 2. The molecule has 0 saturated carbocycles. The summed E-state index contributed by atoms with van der Waals surface area (Å²) in [5.41, 5.74) is 10.8. The van der Waals surface area contributed by atoms with Gasteiger partial charge in [0.15, 0.2) is 0 Å². The number of hydrogen-bond donors (Lipinski definition) is 0. The van der Waals surface area contributed by atoms with Crippen molar-refractivity contribution in [2.24, 2.45) is 0 Å². The van der Waals surface area contributed by atoms with Crippen LogP contribution in [0.25, 0.3) is 66.1 Å². The Morgan fingerprint density at radius 3 is 1.12 bits per heavy atom. The van der Waals surface area contributed by atoms with E-state index in [2.05, 4.69) is 111 Å². The zero-order chi connectivity index (χ0) is 22.8. The highest BCUT2D eigenvalue weighted by Gasteiger charge is 2.14. The Balaban J connectivity index is 1.37. The fourth-order valence-electron chi connectivity index (χ4n) is 4.90. The van der Waals surface area contributed by atoms with Crippen LogP contribution in [0.15, 0.2) is 106 Å². The first-order valence-corrected chi connectivity index (χ1v) is 11.6. The zero-order valence-corrected chi connectivity index (χ0v) is 19.1. The lowest BCUT2D eigenvalue weighted by Gasteiger charge is -2.02. The molecule has 0 spiro atoms. The van der Waals surface area contributed by atoms with Gasteiger partial charge in [-0.3, -0.25) is 0 Å². The number of furan rings is 2. The molecule has 0 radical (unpaired) electrons. The molecule has 0 fully saturated rings. The Labute approximate surface area is 197 Å². The van der Waals surface area contributed by atoms with E-state index in [9.17, 15) is 0 Å². The minimum Gasteiger partial charge on any atom is -0.456 e. The molecule has 0 N–H and O–H groups in total. The first-order chi connectivity index (χ1) is 16.6. The second-order valence-corrected chi connectivity index (χ2v) is 9.20. The Bertz CT molecular complexity index is 1710. The Kier molecular flexibility index (Phi) is 4.01. The van der Waals surface area contributed by atoms with Crippen molar-refractivity contribution in [3.8, 4) is 22.3 Å². The molecule has 2 heteroatoms. The maximum absolute atomic E-state index is 6.33. The van der Waals surface area contributed by atoms with Crippen LogP contribution in [0.1, 0.15) is 11.1 Å². The van der Waals surface area contributed by atoms with E-state index < -0.39 is 0 Å². The molecule has 5 aromatic carbocycles. The van der Waals surface area contributed by atoms with Crippen molar-refractivity contribution in [1.29, 1.82) is 0 Å². The average molecular weight is 439 g/mol. The molecule has 2 heterocycles. The van der Waals surface area contributed by atoms with Gasteiger partial charge < -0.3 is 8.83 Å². The van der Waals surface area contributed by atoms with E-state index in [-0.39, 0.29) is 0 Å². The SMILES string of the molecule is Cc1ccc(-c2ccc3c(c2)oc2cc4c(cc23)oc2cc(-c3ccc(C)cc3)ccc24)cc1. The van der Waals surface area contributed by atoms with Crippen LogP contribution in [0.2, 0.25) is 0 Å². The maximum atomic E-state index is 6.33. The summed E-state index contributed by atoms with van der Waals surface area (Å²) in [5.74, 6) is 0. The van der Waals surface area contributed by atoms with Gasteiger partial charge in [-0.05, 0) is 72.5 Å². The van der Waals surface area contributed by atoms with Gasteiger partial charge in [-0.1, -0.05) is 71.8 Å².